The summed E-state index contributed by atoms with van der Waals surface area (Å²) in [6, 6.07) is 5.89. The second kappa shape index (κ2) is 4.09. The molecule has 0 saturated carbocycles. The molecule has 0 aromatic heterocycles. The van der Waals surface area contributed by atoms with Crippen molar-refractivity contribution in [2.75, 3.05) is 18.1 Å². The van der Waals surface area contributed by atoms with Crippen LogP contribution in [0.15, 0.2) is 18.2 Å². The highest BCUT2D eigenvalue weighted by Crippen LogP contribution is 2.15. The van der Waals surface area contributed by atoms with Crippen molar-refractivity contribution < 1.29 is 0 Å². The average molecular weight is 173 g/mol. The molecule has 62 valence electrons. The fourth-order valence-electron chi connectivity index (χ4n) is 0.831. The van der Waals surface area contributed by atoms with E-state index >= 15 is 0 Å². The van der Waals surface area contributed by atoms with Crippen LogP contribution in [0.3, 0.4) is 0 Å². The van der Waals surface area contributed by atoms with Crippen LogP contribution in [-0.4, -0.2) is 7.05 Å². The summed E-state index contributed by atoms with van der Waals surface area (Å²) < 4.78 is 0. The van der Waals surface area contributed by atoms with Crippen LogP contribution < -0.4 is 11.1 Å². The summed E-state index contributed by atoms with van der Waals surface area (Å²) in [4.78, 5) is 0. The first kappa shape index (κ1) is 10.1. The second-order valence-corrected chi connectivity index (χ2v) is 2.32. The Bertz CT molecular complexity index is 236. The molecule has 0 radical (unpaired) electrons. The molecule has 3 N–H and O–H groups in total. The maximum atomic E-state index is 5.62. The van der Waals surface area contributed by atoms with Gasteiger partial charge in [-0.3, -0.25) is 0 Å². The molecule has 1 rings (SSSR count). The molecular formula is C8H13ClN2. The third-order valence-corrected chi connectivity index (χ3v) is 1.56. The van der Waals surface area contributed by atoms with Crippen molar-refractivity contribution in [3.05, 3.63) is 23.8 Å². The molecule has 0 bridgehead atoms. The van der Waals surface area contributed by atoms with Crippen molar-refractivity contribution in [1.29, 1.82) is 0 Å². The number of nitrogen functional groups attached to an aromatic ring is 1. The van der Waals surface area contributed by atoms with Gasteiger partial charge in [-0.1, -0.05) is 0 Å². The van der Waals surface area contributed by atoms with Gasteiger partial charge < -0.3 is 11.1 Å². The van der Waals surface area contributed by atoms with Crippen molar-refractivity contribution in [1.82, 2.24) is 0 Å². The van der Waals surface area contributed by atoms with Gasteiger partial charge in [0.25, 0.3) is 0 Å². The molecule has 0 atom stereocenters. The van der Waals surface area contributed by atoms with E-state index in [-0.39, 0.29) is 12.4 Å². The van der Waals surface area contributed by atoms with E-state index in [0.29, 0.717) is 0 Å². The maximum Gasteiger partial charge on any atom is 0.0345 e. The summed E-state index contributed by atoms with van der Waals surface area (Å²) in [5.41, 5.74) is 8.68. The predicted molar refractivity (Wildman–Crippen MR) is 52.4 cm³/mol. The predicted octanol–water partition coefficient (Wildman–Crippen LogP) is 2.04. The number of anilines is 2. The molecule has 1 aromatic rings. The number of nitrogens with two attached hydrogens (primary N) is 1. The molecule has 0 aliphatic rings. The van der Waals surface area contributed by atoms with Gasteiger partial charge in [-0.2, -0.15) is 0 Å². The van der Waals surface area contributed by atoms with Gasteiger partial charge in [-0.25, -0.2) is 0 Å². The molecule has 0 amide bonds. The van der Waals surface area contributed by atoms with E-state index < -0.39 is 0 Å². The van der Waals surface area contributed by atoms with Crippen LogP contribution in [0.25, 0.3) is 0 Å². The molecule has 0 fully saturated rings. The van der Waals surface area contributed by atoms with Gasteiger partial charge in [0, 0.05) is 18.4 Å². The summed E-state index contributed by atoms with van der Waals surface area (Å²) >= 11 is 0. The van der Waals surface area contributed by atoms with Gasteiger partial charge in [0.1, 0.15) is 0 Å². The number of benzene rings is 1. The zero-order valence-electron chi connectivity index (χ0n) is 6.72. The lowest BCUT2D eigenvalue weighted by Crippen LogP contribution is -1.92. The summed E-state index contributed by atoms with van der Waals surface area (Å²) in [5.74, 6) is 0. The molecule has 0 unspecified atom stereocenters. The minimum atomic E-state index is 0. The Morgan fingerprint density at radius 2 is 2.00 bits per heavy atom. The third kappa shape index (κ3) is 2.31. The molecule has 1 aromatic carbocycles. The second-order valence-electron chi connectivity index (χ2n) is 2.32. The number of hydrogen-bond donors (Lipinski definition) is 2. The highest BCUT2D eigenvalue weighted by Gasteiger charge is 1.92. The first-order valence-corrected chi connectivity index (χ1v) is 3.28. The highest BCUT2D eigenvalue weighted by atomic mass is 35.5. The first-order chi connectivity index (χ1) is 4.74. The van der Waals surface area contributed by atoms with Crippen molar-refractivity contribution in [3.63, 3.8) is 0 Å². The van der Waals surface area contributed by atoms with Crippen LogP contribution in [0.5, 0.6) is 0 Å². The standard InChI is InChI=1S/C8H12N2.ClH/c1-6-5-7(10-2)3-4-8(6)9;/h3-5,10H,9H2,1-2H3;1H. The highest BCUT2D eigenvalue weighted by molar-refractivity contribution is 5.85. The lowest BCUT2D eigenvalue weighted by atomic mass is 10.2. The SMILES string of the molecule is CNc1ccc(N)c(C)c1.Cl. The molecule has 3 heteroatoms. The molecule has 11 heavy (non-hydrogen) atoms. The normalized spacial score (nSPS) is 8.55. The molecule has 0 aliphatic heterocycles. The van der Waals surface area contributed by atoms with Gasteiger partial charge in [-0.05, 0) is 30.7 Å². The van der Waals surface area contributed by atoms with Crippen LogP contribution in [0.4, 0.5) is 11.4 Å². The van der Waals surface area contributed by atoms with E-state index in [0.717, 1.165) is 16.9 Å². The minimum Gasteiger partial charge on any atom is -0.399 e. The number of aryl methyl sites for hydroxylation is 1. The number of rotatable bonds is 1. The van der Waals surface area contributed by atoms with Crippen molar-refractivity contribution in [2.45, 2.75) is 6.92 Å². The zero-order chi connectivity index (χ0) is 7.56. The molecule has 0 aliphatic carbocycles. The number of halogens is 1. The summed E-state index contributed by atoms with van der Waals surface area (Å²) in [7, 11) is 1.89. The van der Waals surface area contributed by atoms with E-state index in [4.69, 9.17) is 5.73 Å². The molecule has 2 nitrogen and oxygen atoms in total. The van der Waals surface area contributed by atoms with Crippen LogP contribution in [0, 0.1) is 6.92 Å². The monoisotopic (exact) mass is 172 g/mol. The van der Waals surface area contributed by atoms with Crippen molar-refractivity contribution in [2.24, 2.45) is 0 Å². The van der Waals surface area contributed by atoms with Gasteiger partial charge in [0.2, 0.25) is 0 Å². The van der Waals surface area contributed by atoms with Gasteiger partial charge in [0.05, 0.1) is 0 Å². The van der Waals surface area contributed by atoms with Crippen LogP contribution in [-0.2, 0) is 0 Å². The lowest BCUT2D eigenvalue weighted by Gasteiger charge is -2.02. The van der Waals surface area contributed by atoms with Gasteiger partial charge >= 0.3 is 0 Å². The Hall–Kier alpha value is -0.890. The van der Waals surface area contributed by atoms with Crippen molar-refractivity contribution >= 4 is 23.8 Å². The summed E-state index contributed by atoms with van der Waals surface area (Å²) in [6.45, 7) is 2.00. The molecular weight excluding hydrogens is 160 g/mol. The quantitative estimate of drug-likeness (QED) is 0.637. The zero-order valence-corrected chi connectivity index (χ0v) is 7.53. The first-order valence-electron chi connectivity index (χ1n) is 3.28. The number of hydrogen-bond acceptors (Lipinski definition) is 2. The van der Waals surface area contributed by atoms with E-state index in [1.165, 1.54) is 0 Å². The molecule has 0 saturated heterocycles. The largest absolute Gasteiger partial charge is 0.399 e. The Morgan fingerprint density at radius 3 is 2.45 bits per heavy atom. The summed E-state index contributed by atoms with van der Waals surface area (Å²) in [5, 5.41) is 3.04. The molecule has 0 heterocycles. The minimum absolute atomic E-state index is 0. The smallest absolute Gasteiger partial charge is 0.0345 e. The topological polar surface area (TPSA) is 38.0 Å². The average Bonchev–Trinajstić information content (AvgIpc) is 1.95. The fourth-order valence-corrected chi connectivity index (χ4v) is 0.831. The molecule has 0 spiro atoms. The van der Waals surface area contributed by atoms with E-state index in [9.17, 15) is 0 Å². The third-order valence-electron chi connectivity index (χ3n) is 1.56. The van der Waals surface area contributed by atoms with Gasteiger partial charge in [0.15, 0.2) is 0 Å². The van der Waals surface area contributed by atoms with E-state index in [2.05, 4.69) is 5.32 Å². The Labute approximate surface area is 73.2 Å². The van der Waals surface area contributed by atoms with Crippen molar-refractivity contribution in [3.8, 4) is 0 Å². The Kier molecular flexibility index (Phi) is 3.76. The Balaban J connectivity index is 0.000001000. The van der Waals surface area contributed by atoms with Crippen LogP contribution >= 0.6 is 12.4 Å². The van der Waals surface area contributed by atoms with Crippen LogP contribution in [0.1, 0.15) is 5.56 Å². The lowest BCUT2D eigenvalue weighted by molar-refractivity contribution is 1.43. The maximum absolute atomic E-state index is 5.62. The Morgan fingerprint density at radius 1 is 1.36 bits per heavy atom. The number of nitrogens with one attached hydrogen (secondary N) is 1. The van der Waals surface area contributed by atoms with E-state index in [1.54, 1.807) is 0 Å². The van der Waals surface area contributed by atoms with Crippen LogP contribution in [0.2, 0.25) is 0 Å². The van der Waals surface area contributed by atoms with Gasteiger partial charge in [-0.15, -0.1) is 12.4 Å². The summed E-state index contributed by atoms with van der Waals surface area (Å²) in [6.07, 6.45) is 0. The fraction of sp³-hybridized carbons (Fsp3) is 0.250. The van der Waals surface area contributed by atoms with E-state index in [1.807, 2.05) is 32.2 Å².